The summed E-state index contributed by atoms with van der Waals surface area (Å²) in [5.74, 6) is 1.51. The predicted octanol–water partition coefficient (Wildman–Crippen LogP) is 5.18. The maximum atomic E-state index is 8.89. The lowest BCUT2D eigenvalue weighted by Crippen LogP contribution is -2.23. The van der Waals surface area contributed by atoms with Crippen LogP contribution in [0, 0.1) is 11.3 Å². The number of nitriles is 1. The zero-order valence-corrected chi connectivity index (χ0v) is 19.1. The summed E-state index contributed by atoms with van der Waals surface area (Å²) in [5.41, 5.74) is 3.92. The van der Waals surface area contributed by atoms with E-state index >= 15 is 0 Å². The van der Waals surface area contributed by atoms with Gasteiger partial charge in [-0.15, -0.1) is 15.0 Å². The van der Waals surface area contributed by atoms with Gasteiger partial charge in [0, 0.05) is 30.3 Å². The Kier molecular flexibility index (Phi) is 6.33. The first-order valence-electron chi connectivity index (χ1n) is 10.6. The van der Waals surface area contributed by atoms with E-state index < -0.39 is 0 Å². The van der Waals surface area contributed by atoms with Gasteiger partial charge < -0.3 is 4.90 Å². The Morgan fingerprint density at radius 2 is 1.91 bits per heavy atom. The zero-order chi connectivity index (χ0) is 22.7. The number of hydrogen-bond donors (Lipinski definition) is 0. The van der Waals surface area contributed by atoms with Crippen molar-refractivity contribution in [3.8, 4) is 6.07 Å². The second-order valence-electron chi connectivity index (χ2n) is 7.73. The normalized spacial score (nSPS) is 13.9. The fourth-order valence-electron chi connectivity index (χ4n) is 3.49. The van der Waals surface area contributed by atoms with Crippen LogP contribution in [0.3, 0.4) is 0 Å². The van der Waals surface area contributed by atoms with E-state index in [-0.39, 0.29) is 5.92 Å². The minimum atomic E-state index is 0.182. The fraction of sp³-hybridized carbons (Fsp3) is 0.292. The van der Waals surface area contributed by atoms with Crippen LogP contribution in [0.1, 0.15) is 50.3 Å². The lowest BCUT2D eigenvalue weighted by Gasteiger charge is -2.21. The van der Waals surface area contributed by atoms with Gasteiger partial charge >= 0.3 is 0 Å². The highest BCUT2D eigenvalue weighted by molar-refractivity contribution is 6.56. The van der Waals surface area contributed by atoms with Gasteiger partial charge in [-0.25, -0.2) is 9.98 Å². The van der Waals surface area contributed by atoms with Gasteiger partial charge in [0.05, 0.1) is 23.2 Å². The molecule has 0 bridgehead atoms. The molecule has 162 valence electrons. The van der Waals surface area contributed by atoms with Crippen molar-refractivity contribution < 1.29 is 0 Å². The number of anilines is 1. The van der Waals surface area contributed by atoms with E-state index in [0.29, 0.717) is 35.2 Å². The number of hydrogen-bond acceptors (Lipinski definition) is 6. The van der Waals surface area contributed by atoms with Gasteiger partial charge in [-0.1, -0.05) is 43.6 Å². The molecule has 0 fully saturated rings. The van der Waals surface area contributed by atoms with Crippen molar-refractivity contribution in [1.29, 1.82) is 5.26 Å². The van der Waals surface area contributed by atoms with Gasteiger partial charge in [0.15, 0.2) is 5.82 Å². The van der Waals surface area contributed by atoms with Crippen molar-refractivity contribution in [3.63, 3.8) is 0 Å². The molecule has 1 aromatic heterocycles. The molecule has 0 atom stereocenters. The summed E-state index contributed by atoms with van der Waals surface area (Å²) >= 11 is 6.46. The van der Waals surface area contributed by atoms with Gasteiger partial charge in [0.1, 0.15) is 11.4 Å². The fourth-order valence-corrected chi connectivity index (χ4v) is 3.71. The van der Waals surface area contributed by atoms with Gasteiger partial charge in [-0.05, 0) is 37.3 Å². The standard InChI is InChI=1S/C24H24ClN7/c1-4-31(15-7-14-26)18-12-10-17(11-13-18)27-22-21(19-8-5-6-9-20(19)25)29-32-24(22)28-23(30-32)16(2)3/h5-6,8-13,16H,4,7,15H2,1-3H3. The number of nitrogens with zero attached hydrogens (tertiary/aromatic N) is 7. The predicted molar refractivity (Wildman–Crippen MR) is 128 cm³/mol. The molecule has 0 amide bonds. The molecule has 0 radical (unpaired) electrons. The Balaban J connectivity index is 1.73. The van der Waals surface area contributed by atoms with Crippen molar-refractivity contribution >= 4 is 34.4 Å². The third-order valence-corrected chi connectivity index (χ3v) is 5.54. The highest BCUT2D eigenvalue weighted by atomic mass is 35.5. The Morgan fingerprint density at radius 3 is 2.56 bits per heavy atom. The van der Waals surface area contributed by atoms with Crippen molar-refractivity contribution in [3.05, 3.63) is 70.8 Å². The third-order valence-electron chi connectivity index (χ3n) is 5.21. The summed E-state index contributed by atoms with van der Waals surface area (Å²) in [7, 11) is 0. The van der Waals surface area contributed by atoms with Crippen LogP contribution in [0.4, 0.5) is 11.4 Å². The van der Waals surface area contributed by atoms with E-state index in [0.717, 1.165) is 29.3 Å². The van der Waals surface area contributed by atoms with Gasteiger partial charge in [0.25, 0.3) is 0 Å². The molecular formula is C24H24ClN7. The number of aromatic nitrogens is 3. The Hall–Kier alpha value is -3.50. The van der Waals surface area contributed by atoms with Gasteiger partial charge in [-0.3, -0.25) is 0 Å². The Bertz CT molecular complexity index is 1220. The van der Waals surface area contributed by atoms with Crippen LogP contribution in [-0.4, -0.2) is 39.4 Å². The van der Waals surface area contributed by atoms with Crippen molar-refractivity contribution in [2.75, 3.05) is 18.0 Å². The minimum absolute atomic E-state index is 0.182. The molecule has 1 aliphatic rings. The number of benzene rings is 2. The molecule has 2 aromatic carbocycles. The van der Waals surface area contributed by atoms with Crippen molar-refractivity contribution in [2.24, 2.45) is 10.1 Å². The maximum Gasteiger partial charge on any atom is 0.204 e. The molecule has 7 nitrogen and oxygen atoms in total. The van der Waals surface area contributed by atoms with E-state index in [9.17, 15) is 0 Å². The average molecular weight is 446 g/mol. The first-order valence-corrected chi connectivity index (χ1v) is 11.0. The summed E-state index contributed by atoms with van der Waals surface area (Å²) < 4.78 is 0. The van der Waals surface area contributed by atoms with E-state index in [1.54, 1.807) is 4.79 Å². The molecule has 0 unspecified atom stereocenters. The van der Waals surface area contributed by atoms with Crippen LogP contribution in [0.15, 0.2) is 58.6 Å². The molecular weight excluding hydrogens is 422 g/mol. The molecule has 0 saturated heterocycles. The summed E-state index contributed by atoms with van der Waals surface area (Å²) in [4.78, 5) is 13.3. The zero-order valence-electron chi connectivity index (χ0n) is 18.3. The van der Waals surface area contributed by atoms with Crippen molar-refractivity contribution in [1.82, 2.24) is 14.9 Å². The Labute approximate surface area is 192 Å². The Morgan fingerprint density at radius 1 is 1.16 bits per heavy atom. The van der Waals surface area contributed by atoms with E-state index in [1.165, 1.54) is 0 Å². The van der Waals surface area contributed by atoms with E-state index in [4.69, 9.17) is 26.8 Å². The lowest BCUT2D eigenvalue weighted by molar-refractivity contribution is 0.698. The number of halogens is 1. The average Bonchev–Trinajstić information content (AvgIpc) is 3.35. The summed E-state index contributed by atoms with van der Waals surface area (Å²) in [6.07, 6.45) is 0.489. The van der Waals surface area contributed by atoms with E-state index in [1.807, 2.05) is 62.4 Å². The molecule has 3 aromatic rings. The highest BCUT2D eigenvalue weighted by Gasteiger charge is 2.30. The van der Waals surface area contributed by atoms with Crippen LogP contribution in [0.5, 0.6) is 0 Å². The number of rotatable bonds is 7. The van der Waals surface area contributed by atoms with Crippen LogP contribution < -0.4 is 4.90 Å². The first-order chi connectivity index (χ1) is 15.5. The highest BCUT2D eigenvalue weighted by Crippen LogP contribution is 2.26. The van der Waals surface area contributed by atoms with Gasteiger partial charge in [-0.2, -0.15) is 5.26 Å². The quantitative estimate of drug-likeness (QED) is 0.501. The van der Waals surface area contributed by atoms with Crippen LogP contribution in [0.25, 0.3) is 0 Å². The molecule has 8 heteroatoms. The molecule has 32 heavy (non-hydrogen) atoms. The molecule has 0 N–H and O–H groups in total. The van der Waals surface area contributed by atoms with Crippen LogP contribution in [-0.2, 0) is 0 Å². The molecule has 1 aliphatic heterocycles. The lowest BCUT2D eigenvalue weighted by atomic mass is 10.1. The molecule has 2 heterocycles. The van der Waals surface area contributed by atoms with Crippen LogP contribution >= 0.6 is 11.6 Å². The second kappa shape index (κ2) is 9.33. The van der Waals surface area contributed by atoms with Crippen molar-refractivity contribution in [2.45, 2.75) is 33.1 Å². The molecule has 0 aliphatic carbocycles. The SMILES string of the molecule is CCN(CCC#N)c1ccc(N=C2C(c3ccccc3Cl)=Nn3nc(C(C)C)nc32)cc1. The number of aliphatic imine (C=N–C) groups is 1. The van der Waals surface area contributed by atoms with Crippen LogP contribution in [0.2, 0.25) is 5.02 Å². The number of fused-ring (bicyclic) bond motifs is 1. The van der Waals surface area contributed by atoms with E-state index in [2.05, 4.69) is 28.1 Å². The molecule has 0 saturated carbocycles. The molecule has 4 rings (SSSR count). The third kappa shape index (κ3) is 4.27. The summed E-state index contributed by atoms with van der Waals surface area (Å²) in [6.45, 7) is 7.71. The maximum absolute atomic E-state index is 8.89. The topological polar surface area (TPSA) is 82.5 Å². The molecule has 0 spiro atoms. The monoisotopic (exact) mass is 445 g/mol. The first kappa shape index (κ1) is 21.7. The summed E-state index contributed by atoms with van der Waals surface area (Å²) in [5, 5.41) is 18.7. The van der Waals surface area contributed by atoms with Gasteiger partial charge in [0.2, 0.25) is 5.82 Å². The second-order valence-corrected chi connectivity index (χ2v) is 8.14. The minimum Gasteiger partial charge on any atom is -0.371 e. The smallest absolute Gasteiger partial charge is 0.204 e. The largest absolute Gasteiger partial charge is 0.371 e. The summed E-state index contributed by atoms with van der Waals surface area (Å²) in [6, 6.07) is 17.7.